The van der Waals surface area contributed by atoms with Crippen LogP contribution in [0.25, 0.3) is 11.1 Å². The second-order valence-electron chi connectivity index (χ2n) is 12.0. The second-order valence-corrected chi connectivity index (χ2v) is 18.4. The Morgan fingerprint density at radius 3 is 1.98 bits per heavy atom. The van der Waals surface area contributed by atoms with Gasteiger partial charge in [-0.2, -0.15) is 13.2 Å². The molecule has 0 N–H and O–H groups in total. The minimum Gasteiger partial charge on any atom is -0.543 e. The van der Waals surface area contributed by atoms with Crippen molar-refractivity contribution in [2.75, 3.05) is 0 Å². The number of thioether (sulfide) groups is 1. The Kier molecular flexibility index (Phi) is 9.55. The molecule has 0 amide bonds. The lowest BCUT2D eigenvalue weighted by atomic mass is 9.99. The lowest BCUT2D eigenvalue weighted by Crippen LogP contribution is -2.44. The first-order valence-electron chi connectivity index (χ1n) is 13.7. The minimum absolute atomic E-state index is 0.0729. The zero-order chi connectivity index (χ0) is 30.9. The average Bonchev–Trinajstić information content (AvgIpc) is 2.91. The van der Waals surface area contributed by atoms with E-state index in [1.807, 2.05) is 43.3 Å². The fourth-order valence-corrected chi connectivity index (χ4v) is 6.87. The van der Waals surface area contributed by atoms with E-state index in [1.54, 1.807) is 23.9 Å². The van der Waals surface area contributed by atoms with Gasteiger partial charge >= 0.3 is 6.18 Å². The van der Waals surface area contributed by atoms with Gasteiger partial charge in [0.2, 0.25) is 8.32 Å². The predicted molar refractivity (Wildman–Crippen MR) is 170 cm³/mol. The number of halogens is 5. The third-order valence-electron chi connectivity index (χ3n) is 7.88. The van der Waals surface area contributed by atoms with Gasteiger partial charge in [0.25, 0.3) is 0 Å². The molecule has 1 nitrogen and oxygen atoms in total. The van der Waals surface area contributed by atoms with Crippen molar-refractivity contribution in [3.8, 4) is 16.9 Å². The van der Waals surface area contributed by atoms with Crippen molar-refractivity contribution in [3.05, 3.63) is 118 Å². The van der Waals surface area contributed by atoms with E-state index in [1.165, 1.54) is 18.2 Å². The summed E-state index contributed by atoms with van der Waals surface area (Å²) < 4.78 is 60.4. The van der Waals surface area contributed by atoms with Gasteiger partial charge in [-0.25, -0.2) is 4.39 Å². The zero-order valence-electron chi connectivity index (χ0n) is 24.6. The largest absolute Gasteiger partial charge is 0.543 e. The molecule has 0 saturated carbocycles. The van der Waals surface area contributed by atoms with Crippen molar-refractivity contribution in [2.45, 2.75) is 68.6 Å². The van der Waals surface area contributed by atoms with Crippen LogP contribution in [0.15, 0.2) is 89.8 Å². The summed E-state index contributed by atoms with van der Waals surface area (Å²) in [6, 6.07) is 23.6. The number of hydrogen-bond donors (Lipinski definition) is 0. The molecule has 0 spiro atoms. The van der Waals surface area contributed by atoms with E-state index in [4.69, 9.17) is 16.0 Å². The van der Waals surface area contributed by atoms with Crippen LogP contribution in [0.5, 0.6) is 5.75 Å². The molecule has 0 aliphatic rings. The smallest absolute Gasteiger partial charge is 0.416 e. The summed E-state index contributed by atoms with van der Waals surface area (Å²) in [5.41, 5.74) is 3.22. The number of benzene rings is 4. The zero-order valence-corrected chi connectivity index (χ0v) is 27.1. The summed E-state index contributed by atoms with van der Waals surface area (Å²) in [5.74, 6) is 0.518. The van der Waals surface area contributed by atoms with E-state index in [0.717, 1.165) is 39.5 Å². The summed E-state index contributed by atoms with van der Waals surface area (Å²) in [6.45, 7) is 13.1. The summed E-state index contributed by atoms with van der Waals surface area (Å²) >= 11 is 8.03. The molecular formula is C34H35ClF4OSSi. The van der Waals surface area contributed by atoms with Crippen LogP contribution in [0.1, 0.15) is 48.3 Å². The van der Waals surface area contributed by atoms with Crippen LogP contribution in [0, 0.1) is 12.7 Å². The highest BCUT2D eigenvalue weighted by atomic mass is 35.5. The molecule has 222 valence electrons. The SMILES string of the molecule is Cc1cc(SC(Cc2c(F)cccc2Cl)c2ccc(-c3ccc(C(F)(F)F)cc3)cc2)ccc1O[Si](C)(C)C(C)(C)C. The van der Waals surface area contributed by atoms with Gasteiger partial charge in [-0.15, -0.1) is 11.8 Å². The molecule has 0 saturated heterocycles. The van der Waals surface area contributed by atoms with Crippen molar-refractivity contribution in [1.82, 2.24) is 0 Å². The van der Waals surface area contributed by atoms with Crippen molar-refractivity contribution in [3.63, 3.8) is 0 Å². The van der Waals surface area contributed by atoms with Crippen LogP contribution in [0.3, 0.4) is 0 Å². The lowest BCUT2D eigenvalue weighted by molar-refractivity contribution is -0.137. The van der Waals surface area contributed by atoms with E-state index in [-0.39, 0.29) is 16.1 Å². The van der Waals surface area contributed by atoms with E-state index in [0.29, 0.717) is 22.6 Å². The third-order valence-corrected chi connectivity index (χ3v) is 13.8. The van der Waals surface area contributed by atoms with Gasteiger partial charge in [0.15, 0.2) is 0 Å². The molecule has 0 aliphatic carbocycles. The first-order valence-corrected chi connectivity index (χ1v) is 17.9. The third kappa shape index (κ3) is 7.60. The maximum atomic E-state index is 14.9. The second kappa shape index (κ2) is 12.5. The fraction of sp³-hybridized carbons (Fsp3) is 0.294. The van der Waals surface area contributed by atoms with Gasteiger partial charge in [0.05, 0.1) is 5.56 Å². The van der Waals surface area contributed by atoms with E-state index in [2.05, 4.69) is 39.9 Å². The highest BCUT2D eigenvalue weighted by Crippen LogP contribution is 2.43. The first-order chi connectivity index (χ1) is 19.5. The molecule has 0 fully saturated rings. The van der Waals surface area contributed by atoms with Crippen molar-refractivity contribution in [2.24, 2.45) is 0 Å². The van der Waals surface area contributed by atoms with Crippen molar-refractivity contribution < 1.29 is 22.0 Å². The van der Waals surface area contributed by atoms with Crippen molar-refractivity contribution in [1.29, 1.82) is 0 Å². The standard InChI is InChI=1S/C34H35ClF4OSSi/c1-22-20-27(18-19-31(22)40-42(5,6)33(2,3)4)41-32(21-28-29(35)8-7-9-30(28)36)25-12-10-23(11-13-25)24-14-16-26(17-15-24)34(37,38)39/h7-20,32H,21H2,1-6H3. The van der Waals surface area contributed by atoms with Crippen molar-refractivity contribution >= 4 is 31.7 Å². The van der Waals surface area contributed by atoms with Gasteiger partial charge in [-0.05, 0) is 96.2 Å². The number of aryl methyl sites for hydroxylation is 1. The Morgan fingerprint density at radius 2 is 1.45 bits per heavy atom. The minimum atomic E-state index is -4.38. The molecule has 4 aromatic rings. The van der Waals surface area contributed by atoms with Gasteiger partial charge in [0, 0.05) is 20.7 Å². The molecule has 4 rings (SSSR count). The Hall–Kier alpha value is -2.74. The number of alkyl halides is 3. The van der Waals surface area contributed by atoms with E-state index >= 15 is 0 Å². The topological polar surface area (TPSA) is 9.23 Å². The molecule has 8 heteroatoms. The molecule has 0 radical (unpaired) electrons. The molecular weight excluding hydrogens is 596 g/mol. The maximum absolute atomic E-state index is 14.9. The number of rotatable bonds is 8. The summed E-state index contributed by atoms with van der Waals surface area (Å²) in [6.07, 6.45) is -4.02. The summed E-state index contributed by atoms with van der Waals surface area (Å²) in [4.78, 5) is 1.01. The summed E-state index contributed by atoms with van der Waals surface area (Å²) in [7, 11) is -2.01. The van der Waals surface area contributed by atoms with E-state index < -0.39 is 20.1 Å². The highest BCUT2D eigenvalue weighted by Gasteiger charge is 2.39. The fourth-order valence-electron chi connectivity index (χ4n) is 4.28. The molecule has 1 unspecified atom stereocenters. The quantitative estimate of drug-likeness (QED) is 0.109. The average molecular weight is 631 g/mol. The maximum Gasteiger partial charge on any atom is 0.416 e. The van der Waals surface area contributed by atoms with Crippen LogP contribution in [0.4, 0.5) is 17.6 Å². The lowest BCUT2D eigenvalue weighted by Gasteiger charge is -2.37. The van der Waals surface area contributed by atoms with Crippen LogP contribution >= 0.6 is 23.4 Å². The Morgan fingerprint density at radius 1 is 0.857 bits per heavy atom. The Bertz CT molecular complexity index is 1510. The first kappa shape index (κ1) is 32.2. The predicted octanol–water partition coefficient (Wildman–Crippen LogP) is 11.9. The molecule has 42 heavy (non-hydrogen) atoms. The number of hydrogen-bond acceptors (Lipinski definition) is 2. The normalized spacial score (nSPS) is 13.2. The molecule has 0 heterocycles. The van der Waals surface area contributed by atoms with Crippen LogP contribution in [-0.4, -0.2) is 8.32 Å². The molecule has 0 aromatic heterocycles. The van der Waals surface area contributed by atoms with Gasteiger partial charge in [0.1, 0.15) is 11.6 Å². The van der Waals surface area contributed by atoms with Crippen LogP contribution < -0.4 is 4.43 Å². The Labute approximate surface area is 256 Å². The van der Waals surface area contributed by atoms with Crippen LogP contribution in [-0.2, 0) is 12.6 Å². The molecule has 1 atom stereocenters. The van der Waals surface area contributed by atoms with Gasteiger partial charge in [-0.3, -0.25) is 0 Å². The molecule has 4 aromatic carbocycles. The highest BCUT2D eigenvalue weighted by molar-refractivity contribution is 7.99. The molecule has 0 aliphatic heterocycles. The van der Waals surface area contributed by atoms with Gasteiger partial charge in [-0.1, -0.05) is 74.8 Å². The van der Waals surface area contributed by atoms with E-state index in [9.17, 15) is 17.6 Å². The van der Waals surface area contributed by atoms with Gasteiger partial charge < -0.3 is 4.43 Å². The van der Waals surface area contributed by atoms with Crippen LogP contribution in [0.2, 0.25) is 23.2 Å². The Balaban J connectivity index is 1.63. The molecule has 0 bridgehead atoms. The summed E-state index contributed by atoms with van der Waals surface area (Å²) in [5, 5.41) is 0.271. The monoisotopic (exact) mass is 630 g/mol.